The van der Waals surface area contributed by atoms with E-state index < -0.39 is 0 Å². The Labute approximate surface area is 97.7 Å². The zero-order valence-corrected chi connectivity index (χ0v) is 9.65. The zero-order valence-electron chi connectivity index (χ0n) is 8.90. The number of aromatic hydroxyl groups is 1. The zero-order chi connectivity index (χ0) is 11.9. The highest BCUT2D eigenvalue weighted by molar-refractivity contribution is 6.31. The molecule has 0 spiro atoms. The lowest BCUT2D eigenvalue weighted by Crippen LogP contribution is -2.01. The van der Waals surface area contributed by atoms with E-state index in [0.717, 1.165) is 0 Å². The van der Waals surface area contributed by atoms with Crippen molar-refractivity contribution in [3.8, 4) is 11.8 Å². The van der Waals surface area contributed by atoms with Gasteiger partial charge in [0.05, 0.1) is 11.7 Å². The molecule has 2 aromatic rings. The van der Waals surface area contributed by atoms with Crippen LogP contribution in [-0.4, -0.2) is 14.7 Å². The Bertz CT molecular complexity index is 595. The van der Waals surface area contributed by atoms with Crippen LogP contribution in [0.15, 0.2) is 12.3 Å². The van der Waals surface area contributed by atoms with Gasteiger partial charge in [-0.25, -0.2) is 4.52 Å². The number of hydrogen-bond donors (Lipinski definition) is 1. The molecule has 1 N–H and O–H groups in total. The second-order valence-electron chi connectivity index (χ2n) is 3.82. The standard InChI is InChI=1S/C11H10ClN3O/c1-6(2)9-10(16)7(5-13)8-3-4-14-15(8)11(9)12/h3-4,6,16H,1-2H3. The van der Waals surface area contributed by atoms with Gasteiger partial charge in [0.15, 0.2) is 0 Å². The van der Waals surface area contributed by atoms with Gasteiger partial charge in [-0.2, -0.15) is 10.4 Å². The Morgan fingerprint density at radius 1 is 1.56 bits per heavy atom. The van der Waals surface area contributed by atoms with Crippen LogP contribution in [0.25, 0.3) is 5.52 Å². The fraction of sp³-hybridized carbons (Fsp3) is 0.273. The lowest BCUT2D eigenvalue weighted by molar-refractivity contribution is 0.462. The molecule has 0 aliphatic heterocycles. The molecule has 82 valence electrons. The summed E-state index contributed by atoms with van der Waals surface area (Å²) >= 11 is 6.14. The maximum atomic E-state index is 10.0. The predicted molar refractivity (Wildman–Crippen MR) is 60.7 cm³/mol. The Balaban J connectivity index is 2.98. The number of pyridine rings is 1. The van der Waals surface area contributed by atoms with Crippen molar-refractivity contribution in [3.05, 3.63) is 28.5 Å². The molecular weight excluding hydrogens is 226 g/mol. The largest absolute Gasteiger partial charge is 0.506 e. The molecule has 0 aliphatic rings. The third-order valence-electron chi connectivity index (χ3n) is 2.49. The predicted octanol–water partition coefficient (Wildman–Crippen LogP) is 2.69. The quantitative estimate of drug-likeness (QED) is 0.773. The molecule has 0 saturated heterocycles. The first-order valence-electron chi connectivity index (χ1n) is 4.86. The number of halogens is 1. The van der Waals surface area contributed by atoms with Crippen LogP contribution < -0.4 is 0 Å². The minimum Gasteiger partial charge on any atom is -0.506 e. The Morgan fingerprint density at radius 3 is 2.81 bits per heavy atom. The van der Waals surface area contributed by atoms with Crippen molar-refractivity contribution in [2.75, 3.05) is 0 Å². The van der Waals surface area contributed by atoms with E-state index in [-0.39, 0.29) is 17.2 Å². The van der Waals surface area contributed by atoms with Crippen molar-refractivity contribution in [3.63, 3.8) is 0 Å². The van der Waals surface area contributed by atoms with Crippen LogP contribution in [0, 0.1) is 11.3 Å². The first kappa shape index (κ1) is 10.8. The summed E-state index contributed by atoms with van der Waals surface area (Å²) in [5.41, 5.74) is 1.29. The lowest BCUT2D eigenvalue weighted by Gasteiger charge is -2.13. The molecule has 0 unspecified atom stereocenters. The maximum Gasteiger partial charge on any atom is 0.142 e. The van der Waals surface area contributed by atoms with Gasteiger partial charge < -0.3 is 5.11 Å². The van der Waals surface area contributed by atoms with E-state index in [2.05, 4.69) is 5.10 Å². The second-order valence-corrected chi connectivity index (χ2v) is 4.18. The van der Waals surface area contributed by atoms with Crippen LogP contribution in [0.5, 0.6) is 5.75 Å². The van der Waals surface area contributed by atoms with Crippen LogP contribution in [0.3, 0.4) is 0 Å². The Kier molecular flexibility index (Phi) is 2.49. The third kappa shape index (κ3) is 1.33. The van der Waals surface area contributed by atoms with Crippen LogP contribution in [0.2, 0.25) is 5.15 Å². The SMILES string of the molecule is CC(C)c1c(O)c(C#N)c2ccnn2c1Cl. The van der Waals surface area contributed by atoms with Gasteiger partial charge in [-0.15, -0.1) is 0 Å². The van der Waals surface area contributed by atoms with Crippen molar-refractivity contribution >= 4 is 17.1 Å². The van der Waals surface area contributed by atoms with Gasteiger partial charge in [-0.3, -0.25) is 0 Å². The molecule has 0 aliphatic carbocycles. The molecule has 0 radical (unpaired) electrons. The lowest BCUT2D eigenvalue weighted by atomic mass is 10.0. The molecule has 0 fully saturated rings. The molecule has 2 aromatic heterocycles. The van der Waals surface area contributed by atoms with Crippen molar-refractivity contribution in [1.29, 1.82) is 5.26 Å². The molecule has 2 rings (SSSR count). The molecule has 16 heavy (non-hydrogen) atoms. The Hall–Kier alpha value is -1.73. The molecule has 0 amide bonds. The first-order valence-corrected chi connectivity index (χ1v) is 5.23. The van der Waals surface area contributed by atoms with Gasteiger partial charge in [0.1, 0.15) is 22.5 Å². The fourth-order valence-electron chi connectivity index (χ4n) is 1.74. The molecular formula is C11H10ClN3O. The number of nitrogens with zero attached hydrogens (tertiary/aromatic N) is 3. The monoisotopic (exact) mass is 235 g/mol. The van der Waals surface area contributed by atoms with Crippen molar-refractivity contribution in [1.82, 2.24) is 9.61 Å². The van der Waals surface area contributed by atoms with Crippen LogP contribution in [0.4, 0.5) is 0 Å². The highest BCUT2D eigenvalue weighted by atomic mass is 35.5. The van der Waals surface area contributed by atoms with Gasteiger partial charge >= 0.3 is 0 Å². The van der Waals surface area contributed by atoms with Gasteiger partial charge in [-0.05, 0) is 12.0 Å². The molecule has 0 saturated carbocycles. The first-order chi connectivity index (χ1) is 7.57. The second kappa shape index (κ2) is 3.69. The van der Waals surface area contributed by atoms with Crippen molar-refractivity contribution in [2.45, 2.75) is 19.8 Å². The van der Waals surface area contributed by atoms with E-state index in [1.165, 1.54) is 4.52 Å². The van der Waals surface area contributed by atoms with E-state index in [4.69, 9.17) is 16.9 Å². The summed E-state index contributed by atoms with van der Waals surface area (Å²) in [6, 6.07) is 3.62. The highest BCUT2D eigenvalue weighted by Gasteiger charge is 2.20. The van der Waals surface area contributed by atoms with Gasteiger partial charge in [-0.1, -0.05) is 25.4 Å². The molecule has 5 heteroatoms. The van der Waals surface area contributed by atoms with E-state index in [0.29, 0.717) is 16.2 Å². The van der Waals surface area contributed by atoms with Crippen LogP contribution in [0.1, 0.15) is 30.9 Å². The number of fused-ring (bicyclic) bond motifs is 1. The summed E-state index contributed by atoms with van der Waals surface area (Å²) in [6.45, 7) is 3.80. The van der Waals surface area contributed by atoms with E-state index >= 15 is 0 Å². The summed E-state index contributed by atoms with van der Waals surface area (Å²) in [5, 5.41) is 23.4. The van der Waals surface area contributed by atoms with Crippen molar-refractivity contribution in [2.24, 2.45) is 0 Å². The topological polar surface area (TPSA) is 61.3 Å². The summed E-state index contributed by atoms with van der Waals surface area (Å²) in [6.07, 6.45) is 1.55. The van der Waals surface area contributed by atoms with E-state index in [1.54, 1.807) is 12.3 Å². The molecule has 2 heterocycles. The van der Waals surface area contributed by atoms with Crippen molar-refractivity contribution < 1.29 is 5.11 Å². The third-order valence-corrected chi connectivity index (χ3v) is 2.85. The summed E-state index contributed by atoms with van der Waals surface area (Å²) < 4.78 is 1.47. The molecule has 4 nitrogen and oxygen atoms in total. The maximum absolute atomic E-state index is 10.0. The number of nitriles is 1. The summed E-state index contributed by atoms with van der Waals surface area (Å²) in [5.74, 6) is -0.0244. The van der Waals surface area contributed by atoms with E-state index in [1.807, 2.05) is 19.9 Å². The number of hydrogen-bond acceptors (Lipinski definition) is 3. The summed E-state index contributed by atoms with van der Waals surface area (Å²) in [4.78, 5) is 0. The fourth-order valence-corrected chi connectivity index (χ4v) is 2.18. The smallest absolute Gasteiger partial charge is 0.142 e. The minimum absolute atomic E-state index is 0.0215. The Morgan fingerprint density at radius 2 is 2.25 bits per heavy atom. The number of aromatic nitrogens is 2. The van der Waals surface area contributed by atoms with E-state index in [9.17, 15) is 5.11 Å². The molecule has 0 bridgehead atoms. The van der Waals surface area contributed by atoms with Crippen LogP contribution >= 0.6 is 11.6 Å². The van der Waals surface area contributed by atoms with Gasteiger partial charge in [0.25, 0.3) is 0 Å². The summed E-state index contributed by atoms with van der Waals surface area (Å²) in [7, 11) is 0. The number of rotatable bonds is 1. The van der Waals surface area contributed by atoms with Gasteiger partial charge in [0, 0.05) is 5.56 Å². The molecule has 0 atom stereocenters. The average Bonchev–Trinajstić information content (AvgIpc) is 2.66. The average molecular weight is 236 g/mol. The minimum atomic E-state index is -0.0458. The highest BCUT2D eigenvalue weighted by Crippen LogP contribution is 2.36. The van der Waals surface area contributed by atoms with Crippen LogP contribution in [-0.2, 0) is 0 Å². The normalized spacial score (nSPS) is 10.9. The molecule has 0 aromatic carbocycles. The van der Waals surface area contributed by atoms with Gasteiger partial charge in [0.2, 0.25) is 0 Å².